The van der Waals surface area contributed by atoms with Gasteiger partial charge >= 0.3 is 5.97 Å². The summed E-state index contributed by atoms with van der Waals surface area (Å²) in [5.41, 5.74) is 0.641. The number of piperidine rings is 1. The van der Waals surface area contributed by atoms with Crippen LogP contribution in [0.2, 0.25) is 0 Å². The molecule has 1 heterocycles. The van der Waals surface area contributed by atoms with Crippen molar-refractivity contribution in [2.75, 3.05) is 32.8 Å². The molecule has 6 nitrogen and oxygen atoms in total. The summed E-state index contributed by atoms with van der Waals surface area (Å²) in [6.07, 6.45) is 1.03. The van der Waals surface area contributed by atoms with Gasteiger partial charge in [0.25, 0.3) is 0 Å². The van der Waals surface area contributed by atoms with Gasteiger partial charge in [0.15, 0.2) is 5.78 Å². The SMILES string of the molecule is CCOC(=O)C1CC[NH+](C[C@H](O)COc2ccc(C(C)=O)cc2)CC1. The van der Waals surface area contributed by atoms with E-state index in [1.54, 1.807) is 24.3 Å². The van der Waals surface area contributed by atoms with E-state index >= 15 is 0 Å². The minimum atomic E-state index is -0.568. The Hall–Kier alpha value is -1.92. The number of rotatable bonds is 8. The van der Waals surface area contributed by atoms with Crippen molar-refractivity contribution in [3.8, 4) is 5.75 Å². The quantitative estimate of drug-likeness (QED) is 0.527. The number of quaternary nitrogens is 1. The first-order valence-electron chi connectivity index (χ1n) is 8.91. The van der Waals surface area contributed by atoms with Crippen LogP contribution in [-0.4, -0.2) is 55.8 Å². The van der Waals surface area contributed by atoms with Crippen molar-refractivity contribution in [1.82, 2.24) is 0 Å². The third kappa shape index (κ3) is 6.14. The lowest BCUT2D eigenvalue weighted by molar-refractivity contribution is -0.908. The summed E-state index contributed by atoms with van der Waals surface area (Å²) in [5, 5.41) is 10.2. The van der Waals surface area contributed by atoms with Gasteiger partial charge in [-0.15, -0.1) is 0 Å². The van der Waals surface area contributed by atoms with E-state index in [4.69, 9.17) is 9.47 Å². The molecule has 0 saturated carbocycles. The molecule has 1 aromatic rings. The Morgan fingerprint density at radius 2 is 1.88 bits per heavy atom. The molecule has 0 spiro atoms. The lowest BCUT2D eigenvalue weighted by Crippen LogP contribution is -3.14. The minimum Gasteiger partial charge on any atom is -0.491 e. The van der Waals surface area contributed by atoms with Crippen molar-refractivity contribution in [2.45, 2.75) is 32.8 Å². The largest absolute Gasteiger partial charge is 0.491 e. The fourth-order valence-corrected chi connectivity index (χ4v) is 3.10. The fraction of sp³-hybridized carbons (Fsp3) is 0.579. The zero-order valence-electron chi connectivity index (χ0n) is 15.0. The first-order chi connectivity index (χ1) is 12.0. The highest BCUT2D eigenvalue weighted by Gasteiger charge is 2.29. The standard InChI is InChI=1S/C19H27NO5/c1-3-24-19(23)16-8-10-20(11-9-16)12-17(22)13-25-18-6-4-15(5-7-18)14(2)21/h4-7,16-17,22H,3,8-13H2,1-2H3/p+1/t17-/m0/s1. The summed E-state index contributed by atoms with van der Waals surface area (Å²) in [7, 11) is 0. The minimum absolute atomic E-state index is 0.00289. The molecular weight excluding hydrogens is 322 g/mol. The molecule has 1 atom stereocenters. The number of hydrogen-bond donors (Lipinski definition) is 2. The van der Waals surface area contributed by atoms with Gasteiger partial charge in [-0.2, -0.15) is 0 Å². The number of hydrogen-bond acceptors (Lipinski definition) is 5. The second-order valence-electron chi connectivity index (χ2n) is 6.53. The van der Waals surface area contributed by atoms with E-state index in [-0.39, 0.29) is 24.3 Å². The summed E-state index contributed by atoms with van der Waals surface area (Å²) in [4.78, 5) is 24.2. The highest BCUT2D eigenvalue weighted by atomic mass is 16.5. The Kier molecular flexibility index (Phi) is 7.40. The zero-order chi connectivity index (χ0) is 18.2. The molecule has 0 radical (unpaired) electrons. The van der Waals surface area contributed by atoms with Crippen LogP contribution in [0.1, 0.15) is 37.0 Å². The molecule has 2 rings (SSSR count). The normalized spacial score (nSPS) is 21.4. The molecule has 1 aliphatic heterocycles. The van der Waals surface area contributed by atoms with Crippen LogP contribution in [0.5, 0.6) is 5.75 Å². The average Bonchev–Trinajstić information content (AvgIpc) is 2.61. The molecule has 25 heavy (non-hydrogen) atoms. The third-order valence-corrected chi connectivity index (χ3v) is 4.54. The number of esters is 1. The van der Waals surface area contributed by atoms with E-state index in [0.717, 1.165) is 25.9 Å². The number of benzene rings is 1. The smallest absolute Gasteiger partial charge is 0.309 e. The van der Waals surface area contributed by atoms with Crippen molar-refractivity contribution in [3.05, 3.63) is 29.8 Å². The van der Waals surface area contributed by atoms with Crippen LogP contribution < -0.4 is 9.64 Å². The molecule has 1 aromatic carbocycles. The lowest BCUT2D eigenvalue weighted by Gasteiger charge is -2.29. The molecule has 0 bridgehead atoms. The van der Waals surface area contributed by atoms with Gasteiger partial charge < -0.3 is 19.5 Å². The van der Waals surface area contributed by atoms with Crippen molar-refractivity contribution in [3.63, 3.8) is 0 Å². The maximum atomic E-state index is 11.7. The molecule has 1 fully saturated rings. The summed E-state index contributed by atoms with van der Waals surface area (Å²) in [6.45, 7) is 6.29. The third-order valence-electron chi connectivity index (χ3n) is 4.54. The number of aliphatic hydroxyl groups excluding tert-OH is 1. The van der Waals surface area contributed by atoms with Crippen molar-refractivity contribution < 1.29 is 29.1 Å². The van der Waals surface area contributed by atoms with Crippen LogP contribution in [0.15, 0.2) is 24.3 Å². The predicted octanol–water partition coefficient (Wildman–Crippen LogP) is 0.487. The number of ketones is 1. The lowest BCUT2D eigenvalue weighted by atomic mass is 9.97. The first kappa shape index (κ1) is 19.4. The maximum Gasteiger partial charge on any atom is 0.309 e. The van der Waals surface area contributed by atoms with Gasteiger partial charge in [0.2, 0.25) is 0 Å². The molecule has 138 valence electrons. The number of aliphatic hydroxyl groups is 1. The van der Waals surface area contributed by atoms with Gasteiger partial charge in [-0.05, 0) is 38.1 Å². The Balaban J connectivity index is 1.69. The Morgan fingerprint density at radius 1 is 1.24 bits per heavy atom. The van der Waals surface area contributed by atoms with E-state index in [9.17, 15) is 14.7 Å². The summed E-state index contributed by atoms with van der Waals surface area (Å²) in [5.74, 6) is 0.554. The Morgan fingerprint density at radius 3 is 2.44 bits per heavy atom. The zero-order valence-corrected chi connectivity index (χ0v) is 15.0. The molecule has 0 aliphatic carbocycles. The van der Waals surface area contributed by atoms with Gasteiger partial charge in [0, 0.05) is 18.4 Å². The first-order valence-corrected chi connectivity index (χ1v) is 8.91. The molecule has 2 N–H and O–H groups in total. The molecule has 6 heteroatoms. The van der Waals surface area contributed by atoms with Crippen LogP contribution in [0.25, 0.3) is 0 Å². The molecule has 1 saturated heterocycles. The topological polar surface area (TPSA) is 77.3 Å². The van der Waals surface area contributed by atoms with Gasteiger partial charge in [-0.1, -0.05) is 0 Å². The van der Waals surface area contributed by atoms with Crippen molar-refractivity contribution in [2.24, 2.45) is 5.92 Å². The predicted molar refractivity (Wildman–Crippen MR) is 92.9 cm³/mol. The summed E-state index contributed by atoms with van der Waals surface area (Å²) in [6, 6.07) is 6.91. The maximum absolute atomic E-state index is 11.7. The number of likely N-dealkylation sites (tertiary alicyclic amines) is 1. The number of carbonyl (C=O) groups is 2. The van der Waals surface area contributed by atoms with E-state index in [0.29, 0.717) is 24.5 Å². The Labute approximate surface area is 148 Å². The number of Topliss-reactive ketones (excluding diaryl/α,β-unsaturated/α-hetero) is 1. The van der Waals surface area contributed by atoms with Crippen LogP contribution >= 0.6 is 0 Å². The molecule has 0 unspecified atom stereocenters. The van der Waals surface area contributed by atoms with E-state index in [1.807, 2.05) is 6.92 Å². The van der Waals surface area contributed by atoms with Crippen LogP contribution in [0, 0.1) is 5.92 Å². The van der Waals surface area contributed by atoms with E-state index in [1.165, 1.54) is 11.8 Å². The summed E-state index contributed by atoms with van der Waals surface area (Å²) >= 11 is 0. The van der Waals surface area contributed by atoms with Crippen LogP contribution in [0.4, 0.5) is 0 Å². The van der Waals surface area contributed by atoms with Gasteiger partial charge in [0.05, 0.1) is 25.6 Å². The summed E-state index contributed by atoms with van der Waals surface area (Å²) < 4.78 is 10.7. The second-order valence-corrected chi connectivity index (χ2v) is 6.53. The highest BCUT2D eigenvalue weighted by Crippen LogP contribution is 2.13. The monoisotopic (exact) mass is 350 g/mol. The van der Waals surface area contributed by atoms with Gasteiger partial charge in [-0.3, -0.25) is 9.59 Å². The molecule has 1 aliphatic rings. The molecule has 0 aromatic heterocycles. The van der Waals surface area contributed by atoms with E-state index < -0.39 is 6.10 Å². The van der Waals surface area contributed by atoms with Gasteiger partial charge in [0.1, 0.15) is 25.0 Å². The Bertz CT molecular complexity index is 564. The molecule has 0 amide bonds. The van der Waals surface area contributed by atoms with Gasteiger partial charge in [-0.25, -0.2) is 0 Å². The average molecular weight is 350 g/mol. The van der Waals surface area contributed by atoms with Crippen LogP contribution in [0.3, 0.4) is 0 Å². The number of nitrogens with one attached hydrogen (secondary N) is 1. The number of carbonyl (C=O) groups excluding carboxylic acids is 2. The molecular formula is C19H28NO5+. The van der Waals surface area contributed by atoms with Crippen molar-refractivity contribution in [1.29, 1.82) is 0 Å². The highest BCUT2D eigenvalue weighted by molar-refractivity contribution is 5.94. The fourth-order valence-electron chi connectivity index (χ4n) is 3.10. The number of ether oxygens (including phenoxy) is 2. The van der Waals surface area contributed by atoms with Crippen molar-refractivity contribution >= 4 is 11.8 Å². The van der Waals surface area contributed by atoms with E-state index in [2.05, 4.69) is 0 Å². The second kappa shape index (κ2) is 9.53. The van der Waals surface area contributed by atoms with Crippen LogP contribution in [-0.2, 0) is 9.53 Å².